The van der Waals surface area contributed by atoms with Gasteiger partial charge in [0.25, 0.3) is 0 Å². The topological polar surface area (TPSA) is 38.7 Å². The fraction of sp³-hybridized carbons (Fsp3) is 0.0536. The molecule has 3 heterocycles. The predicted octanol–water partition coefficient (Wildman–Crippen LogP) is 14.4. The second-order valence-corrected chi connectivity index (χ2v) is 16.8. The predicted molar refractivity (Wildman–Crippen MR) is 248 cm³/mol. The highest BCUT2D eigenvalue weighted by Gasteiger charge is 2.53. The molecular weight excluding hydrogens is 747 g/mol. The average molecular weight is 784 g/mol. The Bertz CT molecular complexity index is 3180. The van der Waals surface area contributed by atoms with E-state index in [-0.39, 0.29) is 0 Å². The molecule has 0 fully saturated rings. The molecule has 1 aliphatic heterocycles. The normalized spacial score (nSPS) is 16.1. The van der Waals surface area contributed by atoms with Crippen molar-refractivity contribution in [3.63, 3.8) is 0 Å². The van der Waals surface area contributed by atoms with Gasteiger partial charge in [-0.1, -0.05) is 182 Å². The van der Waals surface area contributed by atoms with E-state index in [1.807, 2.05) is 36.2 Å². The first kappa shape index (κ1) is 34.9. The molecule has 7 aromatic carbocycles. The summed E-state index contributed by atoms with van der Waals surface area (Å²) in [5, 5.41) is 1.13. The number of para-hydroxylation sites is 1. The number of fused-ring (bicyclic) bond motifs is 10. The van der Waals surface area contributed by atoms with Crippen molar-refractivity contribution in [1.82, 2.24) is 15.0 Å². The van der Waals surface area contributed by atoms with Crippen LogP contribution in [-0.2, 0) is 5.41 Å². The summed E-state index contributed by atoms with van der Waals surface area (Å²) < 4.78 is 0. The van der Waals surface area contributed by atoms with Crippen molar-refractivity contribution in [3.8, 4) is 67.3 Å². The summed E-state index contributed by atoms with van der Waals surface area (Å²) in [6, 6.07) is 65.6. The molecule has 0 N–H and O–H groups in total. The van der Waals surface area contributed by atoms with Gasteiger partial charge in [-0.25, -0.2) is 9.97 Å². The Hall–Kier alpha value is -7.14. The minimum atomic E-state index is -0.488. The molecule has 9 aromatic rings. The molecular formula is C56H37N3S. The zero-order valence-corrected chi connectivity index (χ0v) is 33.5. The van der Waals surface area contributed by atoms with Crippen molar-refractivity contribution < 1.29 is 0 Å². The van der Waals surface area contributed by atoms with E-state index in [1.165, 1.54) is 54.3 Å². The van der Waals surface area contributed by atoms with Crippen molar-refractivity contribution >= 4 is 22.7 Å². The van der Waals surface area contributed by atoms with Crippen LogP contribution < -0.4 is 0 Å². The van der Waals surface area contributed by atoms with Crippen LogP contribution >= 0.6 is 11.8 Å². The van der Waals surface area contributed by atoms with E-state index in [9.17, 15) is 0 Å². The molecule has 1 spiro atoms. The highest BCUT2D eigenvalue weighted by atomic mass is 32.2. The molecule has 12 rings (SSSR count). The number of aromatic nitrogens is 3. The van der Waals surface area contributed by atoms with Crippen molar-refractivity contribution in [2.75, 3.05) is 0 Å². The lowest BCUT2D eigenvalue weighted by atomic mass is 9.65. The summed E-state index contributed by atoms with van der Waals surface area (Å²) in [6.45, 7) is 0. The Morgan fingerprint density at radius 3 is 1.82 bits per heavy atom. The third kappa shape index (κ3) is 5.34. The maximum Gasteiger partial charge on any atom is 0.160 e. The van der Waals surface area contributed by atoms with Gasteiger partial charge in [-0.15, -0.1) is 0 Å². The highest BCUT2D eigenvalue weighted by Crippen LogP contribution is 2.66. The number of rotatable bonds is 5. The third-order valence-electron chi connectivity index (χ3n) is 12.4. The van der Waals surface area contributed by atoms with E-state index in [4.69, 9.17) is 15.0 Å². The molecule has 60 heavy (non-hydrogen) atoms. The van der Waals surface area contributed by atoms with E-state index in [2.05, 4.69) is 176 Å². The van der Waals surface area contributed by atoms with Gasteiger partial charge in [0, 0.05) is 43.6 Å². The molecule has 1 atom stereocenters. The number of hydrogen-bond donors (Lipinski definition) is 0. The summed E-state index contributed by atoms with van der Waals surface area (Å²) in [6.07, 6.45) is 8.98. The van der Waals surface area contributed by atoms with Gasteiger partial charge in [0.2, 0.25) is 0 Å². The molecule has 0 saturated heterocycles. The number of pyridine rings is 1. The Morgan fingerprint density at radius 2 is 1.03 bits per heavy atom. The number of benzene rings is 7. The van der Waals surface area contributed by atoms with Crippen molar-refractivity contribution in [2.24, 2.45) is 0 Å². The van der Waals surface area contributed by atoms with E-state index in [0.717, 1.165) is 62.9 Å². The molecule has 0 bridgehead atoms. The molecule has 3 aliphatic rings. The second-order valence-electron chi connectivity index (χ2n) is 15.7. The maximum absolute atomic E-state index is 5.23. The van der Waals surface area contributed by atoms with Gasteiger partial charge in [0.15, 0.2) is 5.82 Å². The lowest BCUT2D eigenvalue weighted by Crippen LogP contribution is -2.33. The van der Waals surface area contributed by atoms with Crippen LogP contribution in [0.1, 0.15) is 29.5 Å². The van der Waals surface area contributed by atoms with Gasteiger partial charge < -0.3 is 0 Å². The molecule has 282 valence electrons. The zero-order valence-electron chi connectivity index (χ0n) is 32.7. The van der Waals surface area contributed by atoms with Gasteiger partial charge in [-0.05, 0) is 87.2 Å². The first-order chi connectivity index (χ1) is 29.8. The Kier molecular flexibility index (Phi) is 8.14. The smallest absolute Gasteiger partial charge is 0.160 e. The average Bonchev–Trinajstić information content (AvgIpc) is 3.63. The van der Waals surface area contributed by atoms with Crippen molar-refractivity contribution in [3.05, 3.63) is 228 Å². The number of nitrogens with zero attached hydrogens (tertiary/aromatic N) is 3. The summed E-state index contributed by atoms with van der Waals surface area (Å²) >= 11 is 1.92. The van der Waals surface area contributed by atoms with Crippen molar-refractivity contribution in [2.45, 2.75) is 23.2 Å². The Labute approximate surface area is 353 Å². The van der Waals surface area contributed by atoms with E-state index in [0.29, 0.717) is 5.82 Å². The largest absolute Gasteiger partial charge is 0.256 e. The molecule has 0 saturated carbocycles. The Morgan fingerprint density at radius 1 is 0.450 bits per heavy atom. The summed E-state index contributed by atoms with van der Waals surface area (Å²) in [4.78, 5) is 18.1. The molecule has 0 radical (unpaired) electrons. The third-order valence-corrected chi connectivity index (χ3v) is 13.6. The monoisotopic (exact) mass is 783 g/mol. The molecule has 2 aliphatic carbocycles. The minimum absolute atomic E-state index is 0.488. The van der Waals surface area contributed by atoms with Gasteiger partial charge in [-0.3, -0.25) is 4.98 Å². The van der Waals surface area contributed by atoms with Crippen LogP contribution in [0.5, 0.6) is 0 Å². The fourth-order valence-electron chi connectivity index (χ4n) is 9.91. The number of thioether (sulfide) groups is 1. The lowest BCUT2D eigenvalue weighted by molar-refractivity contribution is 0.724. The van der Waals surface area contributed by atoms with Crippen LogP contribution in [-0.4, -0.2) is 15.0 Å². The Balaban J connectivity index is 1.13. The molecule has 2 aromatic heterocycles. The molecule has 1 unspecified atom stereocenters. The van der Waals surface area contributed by atoms with E-state index >= 15 is 0 Å². The summed E-state index contributed by atoms with van der Waals surface area (Å²) in [5.74, 6) is 0.699. The van der Waals surface area contributed by atoms with Gasteiger partial charge in [0.05, 0.1) is 22.3 Å². The van der Waals surface area contributed by atoms with Crippen LogP contribution in [0.2, 0.25) is 0 Å². The summed E-state index contributed by atoms with van der Waals surface area (Å²) in [5.41, 5.74) is 18.0. The molecule has 4 heteroatoms. The summed E-state index contributed by atoms with van der Waals surface area (Å²) in [7, 11) is 0. The zero-order chi connectivity index (χ0) is 39.6. The van der Waals surface area contributed by atoms with E-state index in [1.54, 1.807) is 0 Å². The van der Waals surface area contributed by atoms with Crippen LogP contribution in [0, 0.1) is 0 Å². The van der Waals surface area contributed by atoms with Gasteiger partial charge >= 0.3 is 0 Å². The first-order valence-electron chi connectivity index (χ1n) is 20.7. The minimum Gasteiger partial charge on any atom is -0.256 e. The van der Waals surface area contributed by atoms with Gasteiger partial charge in [-0.2, -0.15) is 0 Å². The van der Waals surface area contributed by atoms with Crippen molar-refractivity contribution in [1.29, 1.82) is 0 Å². The standard InChI is InChI=1S/C56H37N3S/c1-3-16-36(17-4-1)48-35-49(37-18-5-2-6-19-37)59-55(58-48)40-22-11-21-39(34-40)41-24-13-29-46-52(41)53-42(43-26-12-20-38-23-15-33-57-54(38)43)25-14-30-47(53)56(46)44-27-7-9-31-50(44)60-51-32-10-8-28-45(51)56/h1-7,9,11-35H,8,10H2. The highest BCUT2D eigenvalue weighted by molar-refractivity contribution is 8.03. The quantitative estimate of drug-likeness (QED) is 0.174. The van der Waals surface area contributed by atoms with Crippen LogP contribution in [0.15, 0.2) is 216 Å². The number of allylic oxidation sites excluding steroid dienone is 3. The second kappa shape index (κ2) is 14.0. The van der Waals surface area contributed by atoms with Crippen LogP contribution in [0.25, 0.3) is 78.2 Å². The molecule has 0 amide bonds. The first-order valence-corrected chi connectivity index (χ1v) is 21.5. The van der Waals surface area contributed by atoms with E-state index < -0.39 is 5.41 Å². The van der Waals surface area contributed by atoms with Crippen LogP contribution in [0.4, 0.5) is 0 Å². The van der Waals surface area contributed by atoms with Gasteiger partial charge in [0.1, 0.15) is 0 Å². The fourth-order valence-corrected chi connectivity index (χ4v) is 11.2. The van der Waals surface area contributed by atoms with Crippen LogP contribution in [0.3, 0.4) is 0 Å². The maximum atomic E-state index is 5.23. The SMILES string of the molecule is C1=C2Sc3ccccc3C3(C2=CCC1)c1cccc(-c2cccc(-c4nc(-c5ccccc5)cc(-c5ccccc5)n4)c2)c1-c1c(-c2cccc4cccnc24)cccc13. The number of hydrogen-bond acceptors (Lipinski definition) is 4. The lowest BCUT2D eigenvalue weighted by Gasteiger charge is -2.42. The molecule has 3 nitrogen and oxygen atoms in total.